The zero-order chi connectivity index (χ0) is 10.4. The van der Waals surface area contributed by atoms with Crippen molar-refractivity contribution in [1.29, 1.82) is 0 Å². The fourth-order valence-electron chi connectivity index (χ4n) is 0.901. The second-order valence-corrected chi connectivity index (χ2v) is 3.01. The first-order valence-electron chi connectivity index (χ1n) is 4.09. The number of nitrogens with zero attached hydrogens (tertiary/aromatic N) is 3. The lowest BCUT2D eigenvalue weighted by Crippen LogP contribution is -2.05. The lowest BCUT2D eigenvalue weighted by Gasteiger charge is -2.00. The third-order valence-corrected chi connectivity index (χ3v) is 1.72. The molecule has 0 fully saturated rings. The van der Waals surface area contributed by atoms with Crippen molar-refractivity contribution in [2.24, 2.45) is 0 Å². The number of nitro groups is 1. The molecule has 7 heteroatoms. The van der Waals surface area contributed by atoms with Crippen molar-refractivity contribution in [2.45, 2.75) is 6.54 Å². The van der Waals surface area contributed by atoms with Gasteiger partial charge in [-0.2, -0.15) is 12.6 Å². The highest BCUT2D eigenvalue weighted by molar-refractivity contribution is 7.80. The van der Waals surface area contributed by atoms with Gasteiger partial charge in [-0.25, -0.2) is 0 Å². The van der Waals surface area contributed by atoms with Crippen molar-refractivity contribution in [3.05, 3.63) is 22.6 Å². The Morgan fingerprint density at radius 3 is 3.00 bits per heavy atom. The quantitative estimate of drug-likeness (QED) is 0.330. The molecule has 0 amide bonds. The first-order valence-corrected chi connectivity index (χ1v) is 4.72. The normalized spacial score (nSPS) is 10.4. The Morgan fingerprint density at radius 1 is 1.64 bits per heavy atom. The van der Waals surface area contributed by atoms with Crippen LogP contribution in [0.3, 0.4) is 0 Å². The third kappa shape index (κ3) is 3.35. The number of ether oxygens (including phenoxy) is 1. The highest BCUT2D eigenvalue weighted by Gasteiger charge is 2.08. The summed E-state index contributed by atoms with van der Waals surface area (Å²) in [6, 6.07) is 0. The summed E-state index contributed by atoms with van der Waals surface area (Å²) >= 11 is 3.98. The van der Waals surface area contributed by atoms with Gasteiger partial charge in [0.2, 0.25) is 6.33 Å². The summed E-state index contributed by atoms with van der Waals surface area (Å²) in [5.41, 5.74) is 0. The van der Waals surface area contributed by atoms with E-state index in [0.717, 1.165) is 0 Å². The topological polar surface area (TPSA) is 70.2 Å². The molecule has 78 valence electrons. The Labute approximate surface area is 86.5 Å². The van der Waals surface area contributed by atoms with Crippen molar-refractivity contribution < 1.29 is 9.66 Å². The van der Waals surface area contributed by atoms with Crippen LogP contribution in [0.1, 0.15) is 0 Å². The second kappa shape index (κ2) is 5.61. The highest BCUT2D eigenvalue weighted by atomic mass is 32.1. The summed E-state index contributed by atoms with van der Waals surface area (Å²) in [4.78, 5) is 13.4. The summed E-state index contributed by atoms with van der Waals surface area (Å²) in [6.45, 7) is 1.66. The smallest absolute Gasteiger partial charge is 0.379 e. The standard InChI is InChI=1S/C7H11N3O3S/c11-10(12)7-5-9(6-8-7)1-2-13-3-4-14/h5-6,14H,1-4H2. The zero-order valence-corrected chi connectivity index (χ0v) is 8.39. The van der Waals surface area contributed by atoms with Crippen LogP contribution in [0.25, 0.3) is 0 Å². The average Bonchev–Trinajstić information content (AvgIpc) is 2.61. The molecule has 0 unspecified atom stereocenters. The molecule has 0 N–H and O–H groups in total. The number of thiol groups is 1. The number of hydrogen-bond donors (Lipinski definition) is 1. The minimum Gasteiger partial charge on any atom is -0.379 e. The molecule has 0 bridgehead atoms. The Morgan fingerprint density at radius 2 is 2.43 bits per heavy atom. The van der Waals surface area contributed by atoms with Crippen LogP contribution in [0.15, 0.2) is 12.5 Å². The van der Waals surface area contributed by atoms with Crippen LogP contribution in [0.4, 0.5) is 5.82 Å². The molecule has 1 aromatic rings. The predicted molar refractivity (Wildman–Crippen MR) is 53.6 cm³/mol. The van der Waals surface area contributed by atoms with E-state index < -0.39 is 4.92 Å². The van der Waals surface area contributed by atoms with Crippen LogP contribution in [-0.2, 0) is 11.3 Å². The Kier molecular flexibility index (Phi) is 4.41. The van der Waals surface area contributed by atoms with E-state index in [1.54, 1.807) is 4.57 Å². The predicted octanol–water partition coefficient (Wildman–Crippen LogP) is 0.738. The Bertz CT molecular complexity index is 302. The average molecular weight is 217 g/mol. The molecule has 0 aromatic carbocycles. The van der Waals surface area contributed by atoms with E-state index in [2.05, 4.69) is 17.6 Å². The second-order valence-electron chi connectivity index (χ2n) is 2.56. The molecule has 0 saturated heterocycles. The van der Waals surface area contributed by atoms with Gasteiger partial charge in [0.05, 0.1) is 13.2 Å². The van der Waals surface area contributed by atoms with Crippen LogP contribution in [-0.4, -0.2) is 33.4 Å². The van der Waals surface area contributed by atoms with Gasteiger partial charge >= 0.3 is 5.82 Å². The maximum absolute atomic E-state index is 10.3. The molecule has 6 nitrogen and oxygen atoms in total. The van der Waals surface area contributed by atoms with Gasteiger partial charge in [-0.05, 0) is 9.91 Å². The molecule has 0 saturated carbocycles. The van der Waals surface area contributed by atoms with Gasteiger partial charge < -0.3 is 19.4 Å². The molecule has 1 heterocycles. The number of rotatable bonds is 6. The number of hydrogen-bond acceptors (Lipinski definition) is 5. The van der Waals surface area contributed by atoms with Crippen LogP contribution in [0.2, 0.25) is 0 Å². The summed E-state index contributed by atoms with van der Waals surface area (Å²) in [5.74, 6) is 0.531. The molecule has 0 aliphatic heterocycles. The van der Waals surface area contributed by atoms with E-state index in [-0.39, 0.29) is 5.82 Å². The molecule has 0 radical (unpaired) electrons. The lowest BCUT2D eigenvalue weighted by atomic mass is 10.6. The van der Waals surface area contributed by atoms with Gasteiger partial charge in [-0.1, -0.05) is 0 Å². The van der Waals surface area contributed by atoms with Gasteiger partial charge in [0.15, 0.2) is 0 Å². The van der Waals surface area contributed by atoms with Gasteiger partial charge in [0, 0.05) is 12.3 Å². The van der Waals surface area contributed by atoms with Crippen LogP contribution < -0.4 is 0 Å². The molecular weight excluding hydrogens is 206 g/mol. The fraction of sp³-hybridized carbons (Fsp3) is 0.571. The zero-order valence-electron chi connectivity index (χ0n) is 7.50. The van der Waals surface area contributed by atoms with Gasteiger partial charge in [0.25, 0.3) is 0 Å². The van der Waals surface area contributed by atoms with E-state index in [0.29, 0.717) is 25.5 Å². The summed E-state index contributed by atoms with van der Waals surface area (Å²) in [6.07, 6.45) is 2.80. The molecule has 1 rings (SSSR count). The molecule has 1 aromatic heterocycles. The molecule has 0 aliphatic rings. The van der Waals surface area contributed by atoms with E-state index >= 15 is 0 Å². The Hall–Kier alpha value is -1.08. The Balaban J connectivity index is 2.33. The SMILES string of the molecule is O=[N+]([O-])c1cn(CCOCCS)cn1. The first kappa shape index (κ1) is 11.0. The van der Waals surface area contributed by atoms with Crippen LogP contribution >= 0.6 is 12.6 Å². The molecule has 14 heavy (non-hydrogen) atoms. The summed E-state index contributed by atoms with van der Waals surface area (Å²) in [5, 5.41) is 10.3. The van der Waals surface area contributed by atoms with Crippen LogP contribution in [0, 0.1) is 10.1 Å². The van der Waals surface area contributed by atoms with E-state index in [4.69, 9.17) is 4.74 Å². The lowest BCUT2D eigenvalue weighted by molar-refractivity contribution is -0.389. The minimum atomic E-state index is -0.523. The molecule has 0 aliphatic carbocycles. The third-order valence-electron chi connectivity index (χ3n) is 1.54. The van der Waals surface area contributed by atoms with E-state index in [1.165, 1.54) is 12.5 Å². The van der Waals surface area contributed by atoms with Gasteiger partial charge in [-0.15, -0.1) is 0 Å². The van der Waals surface area contributed by atoms with Crippen molar-refractivity contribution in [3.63, 3.8) is 0 Å². The fourth-order valence-corrected chi connectivity index (χ4v) is 1.03. The summed E-state index contributed by atoms with van der Waals surface area (Å²) < 4.78 is 6.78. The van der Waals surface area contributed by atoms with Gasteiger partial charge in [-0.3, -0.25) is 0 Å². The number of imidazole rings is 1. The maximum Gasteiger partial charge on any atom is 0.381 e. The van der Waals surface area contributed by atoms with Crippen molar-refractivity contribution >= 4 is 18.4 Å². The highest BCUT2D eigenvalue weighted by Crippen LogP contribution is 2.04. The molecular formula is C7H11N3O3S. The monoisotopic (exact) mass is 217 g/mol. The van der Waals surface area contributed by atoms with Gasteiger partial charge in [0.1, 0.15) is 6.20 Å². The van der Waals surface area contributed by atoms with Crippen molar-refractivity contribution in [2.75, 3.05) is 19.0 Å². The molecule has 0 atom stereocenters. The first-order chi connectivity index (χ1) is 6.74. The van der Waals surface area contributed by atoms with Crippen molar-refractivity contribution in [1.82, 2.24) is 9.55 Å². The minimum absolute atomic E-state index is 0.140. The molecule has 0 spiro atoms. The largest absolute Gasteiger partial charge is 0.381 e. The maximum atomic E-state index is 10.3. The van der Waals surface area contributed by atoms with Crippen molar-refractivity contribution in [3.8, 4) is 0 Å². The van der Waals surface area contributed by atoms with E-state index in [9.17, 15) is 10.1 Å². The summed E-state index contributed by atoms with van der Waals surface area (Å²) in [7, 11) is 0. The number of aromatic nitrogens is 2. The van der Waals surface area contributed by atoms with E-state index in [1.807, 2.05) is 0 Å². The van der Waals surface area contributed by atoms with Crippen LogP contribution in [0.5, 0.6) is 0 Å².